The molecule has 1 rings (SSSR count). The number of nitrogens with zero attached hydrogens (tertiary/aromatic N) is 1. The maximum atomic E-state index is 13.7. The Labute approximate surface area is 212 Å². The summed E-state index contributed by atoms with van der Waals surface area (Å²) in [6, 6.07) is 7.68. The second kappa shape index (κ2) is 14.1. The maximum Gasteiger partial charge on any atom is 0.408 e. The van der Waals surface area contributed by atoms with Gasteiger partial charge in [-0.3, -0.25) is 9.59 Å². The van der Waals surface area contributed by atoms with Crippen LogP contribution in [0.4, 0.5) is 4.79 Å². The van der Waals surface area contributed by atoms with Crippen LogP contribution in [0.25, 0.3) is 0 Å². The molecule has 0 fully saturated rings. The number of carbonyl (C=O) groups excluding carboxylic acids is 3. The molecule has 2 unspecified atom stereocenters. The third-order valence-electron chi connectivity index (χ3n) is 5.31. The molecule has 7 nitrogen and oxygen atoms in total. The van der Waals surface area contributed by atoms with E-state index in [1.165, 1.54) is 12.8 Å². The van der Waals surface area contributed by atoms with Crippen LogP contribution in [-0.4, -0.2) is 46.5 Å². The smallest absolute Gasteiger partial charge is 0.408 e. The van der Waals surface area contributed by atoms with Crippen molar-refractivity contribution in [2.75, 3.05) is 6.54 Å². The Morgan fingerprint density at radius 1 is 0.914 bits per heavy atom. The quantitative estimate of drug-likeness (QED) is 0.366. The van der Waals surface area contributed by atoms with Gasteiger partial charge >= 0.3 is 6.09 Å². The molecular weight excluding hydrogens is 442 g/mol. The summed E-state index contributed by atoms with van der Waals surface area (Å²) in [7, 11) is 0. The van der Waals surface area contributed by atoms with Crippen molar-refractivity contribution in [2.24, 2.45) is 0 Å². The SMILES string of the molecule is CCCCCCCCN(C(=O)C(C)NC(=O)OC(C)(C)C)C(C(=O)NC(C)(C)C)c1ccccc1. The van der Waals surface area contributed by atoms with Crippen LogP contribution in [0.1, 0.15) is 106 Å². The number of benzene rings is 1. The average molecular weight is 490 g/mol. The summed E-state index contributed by atoms with van der Waals surface area (Å²) in [5, 5.41) is 5.68. The first-order chi connectivity index (χ1) is 16.2. The van der Waals surface area contributed by atoms with Crippen LogP contribution in [0, 0.1) is 0 Å². The van der Waals surface area contributed by atoms with E-state index >= 15 is 0 Å². The molecule has 0 radical (unpaired) electrons. The molecular formula is C28H47N3O4. The fraction of sp³-hybridized carbons (Fsp3) is 0.679. The lowest BCUT2D eigenvalue weighted by Crippen LogP contribution is -2.54. The van der Waals surface area contributed by atoms with Gasteiger partial charge in [0.1, 0.15) is 17.7 Å². The molecule has 3 amide bonds. The fourth-order valence-electron chi connectivity index (χ4n) is 3.77. The van der Waals surface area contributed by atoms with Crippen molar-refractivity contribution in [3.8, 4) is 0 Å². The van der Waals surface area contributed by atoms with Gasteiger partial charge in [0.15, 0.2) is 0 Å². The van der Waals surface area contributed by atoms with Crippen molar-refractivity contribution in [1.82, 2.24) is 15.5 Å². The summed E-state index contributed by atoms with van der Waals surface area (Å²) in [5.41, 5.74) is -0.401. The highest BCUT2D eigenvalue weighted by atomic mass is 16.6. The minimum atomic E-state index is -0.849. The largest absolute Gasteiger partial charge is 0.444 e. The average Bonchev–Trinajstić information content (AvgIpc) is 2.72. The number of ether oxygens (including phenoxy) is 1. The minimum Gasteiger partial charge on any atom is -0.444 e. The molecule has 2 atom stereocenters. The topological polar surface area (TPSA) is 87.7 Å². The van der Waals surface area contributed by atoms with E-state index in [2.05, 4.69) is 17.6 Å². The Hall–Kier alpha value is -2.57. The van der Waals surface area contributed by atoms with E-state index in [4.69, 9.17) is 4.74 Å². The van der Waals surface area contributed by atoms with Crippen LogP contribution in [0.3, 0.4) is 0 Å². The highest BCUT2D eigenvalue weighted by Gasteiger charge is 2.35. The molecule has 0 saturated carbocycles. The molecule has 35 heavy (non-hydrogen) atoms. The molecule has 0 spiro atoms. The lowest BCUT2D eigenvalue weighted by molar-refractivity contribution is -0.142. The fourth-order valence-corrected chi connectivity index (χ4v) is 3.77. The van der Waals surface area contributed by atoms with Gasteiger partial charge in [-0.05, 0) is 60.5 Å². The van der Waals surface area contributed by atoms with Crippen molar-refractivity contribution >= 4 is 17.9 Å². The van der Waals surface area contributed by atoms with Crippen molar-refractivity contribution in [2.45, 2.75) is 117 Å². The van der Waals surface area contributed by atoms with Gasteiger partial charge in [-0.1, -0.05) is 69.4 Å². The first-order valence-electron chi connectivity index (χ1n) is 12.9. The lowest BCUT2D eigenvalue weighted by Gasteiger charge is -2.35. The summed E-state index contributed by atoms with van der Waals surface area (Å²) >= 11 is 0. The summed E-state index contributed by atoms with van der Waals surface area (Å²) in [6.07, 6.45) is 5.70. The van der Waals surface area contributed by atoms with Gasteiger partial charge in [-0.15, -0.1) is 0 Å². The van der Waals surface area contributed by atoms with Gasteiger partial charge in [-0.25, -0.2) is 4.79 Å². The van der Waals surface area contributed by atoms with E-state index in [-0.39, 0.29) is 11.8 Å². The maximum absolute atomic E-state index is 13.7. The van der Waals surface area contributed by atoms with Gasteiger partial charge in [0.25, 0.3) is 0 Å². The molecule has 0 aromatic heterocycles. The first-order valence-corrected chi connectivity index (χ1v) is 12.9. The summed E-state index contributed by atoms with van der Waals surface area (Å²) < 4.78 is 5.33. The molecule has 0 aliphatic carbocycles. The van der Waals surface area contributed by atoms with Gasteiger partial charge in [-0.2, -0.15) is 0 Å². The van der Waals surface area contributed by atoms with E-state index in [0.29, 0.717) is 6.54 Å². The third-order valence-corrected chi connectivity index (χ3v) is 5.31. The first kappa shape index (κ1) is 30.5. The standard InChI is InChI=1S/C28H47N3O4/c1-9-10-11-12-13-17-20-31(25(33)21(2)29-26(34)35-28(6,7)8)23(22-18-15-14-16-19-22)24(32)30-27(3,4)5/h14-16,18-19,21,23H,9-13,17,20H2,1-8H3,(H,29,34)(H,30,32). The van der Waals surface area contributed by atoms with Crippen LogP contribution in [0.5, 0.6) is 0 Å². The Morgan fingerprint density at radius 2 is 1.49 bits per heavy atom. The van der Waals surface area contributed by atoms with E-state index in [1.807, 2.05) is 51.1 Å². The third kappa shape index (κ3) is 12.1. The van der Waals surface area contributed by atoms with E-state index in [0.717, 1.165) is 31.2 Å². The second-order valence-corrected chi connectivity index (χ2v) is 11.2. The van der Waals surface area contributed by atoms with Crippen molar-refractivity contribution in [1.29, 1.82) is 0 Å². The lowest BCUT2D eigenvalue weighted by atomic mass is 10.00. The number of rotatable bonds is 12. The van der Waals surface area contributed by atoms with Crippen LogP contribution in [0.15, 0.2) is 30.3 Å². The van der Waals surface area contributed by atoms with Crippen molar-refractivity contribution in [3.63, 3.8) is 0 Å². The summed E-state index contributed by atoms with van der Waals surface area (Å²) in [4.78, 5) is 41.1. The van der Waals surface area contributed by atoms with E-state index in [9.17, 15) is 14.4 Å². The van der Waals surface area contributed by atoms with E-state index in [1.54, 1.807) is 32.6 Å². The van der Waals surface area contributed by atoms with E-state index < -0.39 is 29.3 Å². The summed E-state index contributed by atoms with van der Waals surface area (Å²) in [6.45, 7) is 15.3. The number of hydrogen-bond acceptors (Lipinski definition) is 4. The van der Waals surface area contributed by atoms with Crippen LogP contribution in [0.2, 0.25) is 0 Å². The predicted molar refractivity (Wildman–Crippen MR) is 141 cm³/mol. The zero-order valence-corrected chi connectivity index (χ0v) is 23.1. The molecule has 0 saturated heterocycles. The number of nitrogens with one attached hydrogen (secondary N) is 2. The molecule has 198 valence electrons. The van der Waals surface area contributed by atoms with Crippen molar-refractivity contribution < 1.29 is 19.1 Å². The van der Waals surface area contributed by atoms with Gasteiger partial charge in [0, 0.05) is 12.1 Å². The molecule has 1 aromatic carbocycles. The highest BCUT2D eigenvalue weighted by molar-refractivity contribution is 5.92. The zero-order valence-electron chi connectivity index (χ0n) is 23.1. The number of hydrogen-bond donors (Lipinski definition) is 2. The second-order valence-electron chi connectivity index (χ2n) is 11.2. The van der Waals surface area contributed by atoms with Crippen LogP contribution >= 0.6 is 0 Å². The van der Waals surface area contributed by atoms with Gasteiger partial charge < -0.3 is 20.3 Å². The van der Waals surface area contributed by atoms with Gasteiger partial charge in [0.05, 0.1) is 0 Å². The number of unbranched alkanes of at least 4 members (excludes halogenated alkanes) is 5. The van der Waals surface area contributed by atoms with Crippen LogP contribution in [-0.2, 0) is 14.3 Å². The Balaban J connectivity index is 3.20. The monoisotopic (exact) mass is 489 g/mol. The molecule has 0 aliphatic rings. The Kier molecular flexibility index (Phi) is 12.3. The Morgan fingerprint density at radius 3 is 2.03 bits per heavy atom. The Bertz CT molecular complexity index is 797. The minimum absolute atomic E-state index is 0.243. The predicted octanol–water partition coefficient (Wildman–Crippen LogP) is 5.74. The van der Waals surface area contributed by atoms with Crippen LogP contribution < -0.4 is 10.6 Å². The highest BCUT2D eigenvalue weighted by Crippen LogP contribution is 2.24. The molecule has 1 aromatic rings. The molecule has 7 heteroatoms. The number of alkyl carbamates (subject to hydrolysis) is 1. The zero-order chi connectivity index (χ0) is 26.6. The van der Waals surface area contributed by atoms with Gasteiger partial charge in [0.2, 0.25) is 11.8 Å². The number of amides is 3. The molecule has 2 N–H and O–H groups in total. The van der Waals surface area contributed by atoms with Crippen molar-refractivity contribution in [3.05, 3.63) is 35.9 Å². The molecule has 0 heterocycles. The molecule has 0 aliphatic heterocycles. The number of carbonyl (C=O) groups is 3. The summed E-state index contributed by atoms with van der Waals surface area (Å²) in [5.74, 6) is -0.560. The molecule has 0 bridgehead atoms. The normalized spacial score (nSPS) is 13.5.